The van der Waals surface area contributed by atoms with Crippen LogP contribution in [0.3, 0.4) is 0 Å². The minimum absolute atomic E-state index is 0.0347. The van der Waals surface area contributed by atoms with E-state index in [0.717, 1.165) is 12.3 Å². The van der Waals surface area contributed by atoms with E-state index < -0.39 is 15.7 Å². The molecule has 2 nitrogen and oxygen atoms in total. The van der Waals surface area contributed by atoms with Crippen molar-refractivity contribution in [2.24, 2.45) is 0 Å². The lowest BCUT2D eigenvalue weighted by atomic mass is 10.2. The van der Waals surface area contributed by atoms with E-state index in [1.165, 1.54) is 12.1 Å². The van der Waals surface area contributed by atoms with E-state index in [1.807, 2.05) is 0 Å². The second-order valence-electron chi connectivity index (χ2n) is 2.57. The molecule has 0 aromatic heterocycles. The van der Waals surface area contributed by atoms with Crippen LogP contribution in [-0.2, 0) is 9.84 Å². The zero-order valence-corrected chi connectivity index (χ0v) is 7.36. The third-order valence-corrected chi connectivity index (χ3v) is 2.45. The fourth-order valence-corrected chi connectivity index (χ4v) is 1.53. The van der Waals surface area contributed by atoms with Crippen LogP contribution in [0.4, 0.5) is 4.39 Å². The molecular weight excluding hydrogens is 179 g/mol. The Morgan fingerprint density at radius 2 is 1.92 bits per heavy atom. The average molecular weight is 187 g/mol. The van der Waals surface area contributed by atoms with Gasteiger partial charge in [0.1, 0.15) is 5.82 Å². The van der Waals surface area contributed by atoms with Gasteiger partial charge in [-0.2, -0.15) is 0 Å². The van der Waals surface area contributed by atoms with E-state index in [2.05, 4.69) is 6.92 Å². The topological polar surface area (TPSA) is 34.1 Å². The molecule has 0 saturated carbocycles. The SMILES string of the molecule is [CH2]c1cc(F)cc(S(C)(=O)=O)c1. The van der Waals surface area contributed by atoms with Gasteiger partial charge in [0.15, 0.2) is 9.84 Å². The van der Waals surface area contributed by atoms with Crippen molar-refractivity contribution in [3.63, 3.8) is 0 Å². The van der Waals surface area contributed by atoms with E-state index in [1.54, 1.807) is 0 Å². The summed E-state index contributed by atoms with van der Waals surface area (Å²) in [6.07, 6.45) is 1.03. The largest absolute Gasteiger partial charge is 0.224 e. The summed E-state index contributed by atoms with van der Waals surface area (Å²) in [5, 5.41) is 0. The molecule has 4 heteroatoms. The van der Waals surface area contributed by atoms with Crippen LogP contribution >= 0.6 is 0 Å². The Morgan fingerprint density at radius 1 is 1.33 bits per heavy atom. The average Bonchev–Trinajstić information content (AvgIpc) is 1.82. The van der Waals surface area contributed by atoms with Crippen molar-refractivity contribution < 1.29 is 12.8 Å². The normalized spacial score (nSPS) is 11.6. The summed E-state index contributed by atoms with van der Waals surface area (Å²) in [4.78, 5) is -0.0347. The van der Waals surface area contributed by atoms with Gasteiger partial charge in [0, 0.05) is 6.26 Å². The second-order valence-corrected chi connectivity index (χ2v) is 4.58. The molecule has 0 aliphatic heterocycles. The molecule has 0 atom stereocenters. The molecule has 65 valence electrons. The predicted molar refractivity (Wildman–Crippen MR) is 44.0 cm³/mol. The summed E-state index contributed by atoms with van der Waals surface area (Å²) in [6, 6.07) is 3.48. The van der Waals surface area contributed by atoms with Crippen LogP contribution in [0.2, 0.25) is 0 Å². The lowest BCUT2D eigenvalue weighted by Gasteiger charge is -1.99. The van der Waals surface area contributed by atoms with Gasteiger partial charge in [-0.25, -0.2) is 12.8 Å². The molecule has 1 aromatic rings. The van der Waals surface area contributed by atoms with Crippen molar-refractivity contribution in [2.45, 2.75) is 4.90 Å². The van der Waals surface area contributed by atoms with Crippen LogP contribution in [0, 0.1) is 12.7 Å². The smallest absolute Gasteiger partial charge is 0.175 e. The van der Waals surface area contributed by atoms with E-state index in [0.29, 0.717) is 5.56 Å². The number of hydrogen-bond donors (Lipinski definition) is 0. The molecule has 0 N–H and O–H groups in total. The van der Waals surface area contributed by atoms with Crippen molar-refractivity contribution in [3.05, 3.63) is 36.5 Å². The van der Waals surface area contributed by atoms with Crippen molar-refractivity contribution >= 4 is 9.84 Å². The Labute approximate surface area is 71.0 Å². The molecule has 0 fully saturated rings. The standard InChI is InChI=1S/C8H8FO2S/c1-6-3-7(9)5-8(4-6)12(2,10)11/h3-5H,1H2,2H3. The summed E-state index contributed by atoms with van der Waals surface area (Å²) in [5.41, 5.74) is 0.357. The minimum Gasteiger partial charge on any atom is -0.224 e. The van der Waals surface area contributed by atoms with Gasteiger partial charge in [-0.3, -0.25) is 0 Å². The summed E-state index contributed by atoms with van der Waals surface area (Å²) in [7, 11) is -3.33. The summed E-state index contributed by atoms with van der Waals surface area (Å²) in [5.74, 6) is -0.581. The molecule has 1 radical (unpaired) electrons. The van der Waals surface area contributed by atoms with Gasteiger partial charge in [0.25, 0.3) is 0 Å². The third-order valence-electron chi connectivity index (χ3n) is 1.36. The van der Waals surface area contributed by atoms with Gasteiger partial charge in [0.05, 0.1) is 4.90 Å². The molecule has 1 rings (SSSR count). The van der Waals surface area contributed by atoms with Gasteiger partial charge in [-0.05, 0) is 30.7 Å². The number of hydrogen-bond acceptors (Lipinski definition) is 2. The molecular formula is C8H8FO2S. The Balaban J connectivity index is 3.37. The predicted octanol–water partition coefficient (Wildman–Crippen LogP) is 1.41. The highest BCUT2D eigenvalue weighted by Crippen LogP contribution is 2.13. The molecule has 0 unspecified atom stereocenters. The molecule has 1 aromatic carbocycles. The maximum Gasteiger partial charge on any atom is 0.175 e. The van der Waals surface area contributed by atoms with Crippen LogP contribution in [0.5, 0.6) is 0 Å². The third kappa shape index (κ3) is 2.04. The number of sulfone groups is 1. The fourth-order valence-electron chi connectivity index (χ4n) is 0.835. The minimum atomic E-state index is -3.33. The van der Waals surface area contributed by atoms with E-state index in [-0.39, 0.29) is 4.90 Å². The highest BCUT2D eigenvalue weighted by atomic mass is 32.2. The van der Waals surface area contributed by atoms with Crippen molar-refractivity contribution in [1.29, 1.82) is 0 Å². The van der Waals surface area contributed by atoms with Gasteiger partial charge >= 0.3 is 0 Å². The van der Waals surface area contributed by atoms with Crippen LogP contribution in [0.1, 0.15) is 5.56 Å². The molecule has 0 saturated heterocycles. The number of benzene rings is 1. The first-order chi connectivity index (χ1) is 5.39. The Hall–Kier alpha value is -0.900. The first-order valence-electron chi connectivity index (χ1n) is 3.22. The Bertz CT molecular complexity index is 375. The lowest BCUT2D eigenvalue weighted by Crippen LogP contribution is -1.98. The highest BCUT2D eigenvalue weighted by Gasteiger charge is 2.08. The monoisotopic (exact) mass is 187 g/mol. The van der Waals surface area contributed by atoms with E-state index >= 15 is 0 Å². The first kappa shape index (κ1) is 9.19. The van der Waals surface area contributed by atoms with Crippen molar-refractivity contribution in [1.82, 2.24) is 0 Å². The van der Waals surface area contributed by atoms with Crippen molar-refractivity contribution in [3.8, 4) is 0 Å². The maximum atomic E-state index is 12.7. The second kappa shape index (κ2) is 2.86. The molecule has 0 aliphatic rings. The van der Waals surface area contributed by atoms with Crippen LogP contribution in [-0.4, -0.2) is 14.7 Å². The fraction of sp³-hybridized carbons (Fsp3) is 0.125. The van der Waals surface area contributed by atoms with Gasteiger partial charge < -0.3 is 0 Å². The first-order valence-corrected chi connectivity index (χ1v) is 5.11. The number of halogens is 1. The molecule has 0 bridgehead atoms. The molecule has 12 heavy (non-hydrogen) atoms. The highest BCUT2D eigenvalue weighted by molar-refractivity contribution is 7.90. The summed E-state index contributed by atoms with van der Waals surface area (Å²) >= 11 is 0. The van der Waals surface area contributed by atoms with Crippen molar-refractivity contribution in [2.75, 3.05) is 6.26 Å². The molecule has 0 aliphatic carbocycles. The zero-order valence-electron chi connectivity index (χ0n) is 6.54. The van der Waals surface area contributed by atoms with Gasteiger partial charge in [-0.1, -0.05) is 0 Å². The van der Waals surface area contributed by atoms with E-state index in [9.17, 15) is 12.8 Å². The van der Waals surface area contributed by atoms with Gasteiger partial charge in [0.2, 0.25) is 0 Å². The number of rotatable bonds is 1. The van der Waals surface area contributed by atoms with Gasteiger partial charge in [-0.15, -0.1) is 0 Å². The zero-order chi connectivity index (χ0) is 9.35. The summed E-state index contributed by atoms with van der Waals surface area (Å²) < 4.78 is 34.5. The Morgan fingerprint density at radius 3 is 2.33 bits per heavy atom. The molecule has 0 spiro atoms. The van der Waals surface area contributed by atoms with Crippen LogP contribution in [0.15, 0.2) is 23.1 Å². The quantitative estimate of drug-likeness (QED) is 0.666. The molecule has 0 heterocycles. The Kier molecular flexibility index (Phi) is 2.19. The van der Waals surface area contributed by atoms with Crippen LogP contribution < -0.4 is 0 Å². The lowest BCUT2D eigenvalue weighted by molar-refractivity contribution is 0.595. The van der Waals surface area contributed by atoms with E-state index in [4.69, 9.17) is 0 Å². The molecule has 0 amide bonds. The maximum absolute atomic E-state index is 12.7. The summed E-state index contributed by atoms with van der Waals surface area (Å²) in [6.45, 7) is 3.45. The van der Waals surface area contributed by atoms with Crippen LogP contribution in [0.25, 0.3) is 0 Å².